The Kier molecular flexibility index (Phi) is 4.73. The zero-order valence-electron chi connectivity index (χ0n) is 10.7. The summed E-state index contributed by atoms with van der Waals surface area (Å²) in [5.74, 6) is 2.67. The predicted octanol–water partition coefficient (Wildman–Crippen LogP) is 2.14. The van der Waals surface area contributed by atoms with Crippen LogP contribution in [-0.2, 0) is 12.3 Å². The van der Waals surface area contributed by atoms with Gasteiger partial charge in [-0.1, -0.05) is 24.1 Å². The molecule has 0 aliphatic heterocycles. The van der Waals surface area contributed by atoms with E-state index >= 15 is 0 Å². The summed E-state index contributed by atoms with van der Waals surface area (Å²) in [5.41, 5.74) is 7.49. The van der Waals surface area contributed by atoms with Gasteiger partial charge in [-0.05, 0) is 24.6 Å². The molecular weight excluding hydrogens is 260 g/mol. The molecule has 0 atom stereocenters. The summed E-state index contributed by atoms with van der Waals surface area (Å²) in [7, 11) is 0. The minimum absolute atomic E-state index is 0.367. The van der Waals surface area contributed by atoms with Crippen molar-refractivity contribution < 1.29 is 4.74 Å². The summed E-state index contributed by atoms with van der Waals surface area (Å²) >= 11 is 1.30. The maximum absolute atomic E-state index is 5.69. The van der Waals surface area contributed by atoms with Crippen molar-refractivity contribution in [3.63, 3.8) is 0 Å². The number of hydrogen-bond donors (Lipinski definition) is 2. The minimum atomic E-state index is 0.367. The zero-order chi connectivity index (χ0) is 13.7. The zero-order valence-corrected chi connectivity index (χ0v) is 11.5. The fourth-order valence-electron chi connectivity index (χ4n) is 1.63. The number of rotatable bonds is 5. The Labute approximate surface area is 116 Å². The molecule has 0 bridgehead atoms. The average Bonchev–Trinajstić information content (AvgIpc) is 2.40. The van der Waals surface area contributed by atoms with E-state index in [4.69, 9.17) is 15.6 Å². The molecular formula is C13H16N4OS. The van der Waals surface area contributed by atoms with Gasteiger partial charge >= 0.3 is 0 Å². The molecule has 19 heavy (non-hydrogen) atoms. The van der Waals surface area contributed by atoms with Crippen LogP contribution in [0.25, 0.3) is 0 Å². The third-order valence-electron chi connectivity index (χ3n) is 2.47. The van der Waals surface area contributed by atoms with Gasteiger partial charge in [0.1, 0.15) is 11.6 Å². The summed E-state index contributed by atoms with van der Waals surface area (Å²) in [5, 5.41) is 5.43. The lowest BCUT2D eigenvalue weighted by molar-refractivity contribution is 0.458. The van der Waals surface area contributed by atoms with Gasteiger partial charge in [0.2, 0.25) is 5.88 Å². The highest BCUT2D eigenvalue weighted by atomic mass is 32.2. The number of benzene rings is 1. The highest BCUT2D eigenvalue weighted by Crippen LogP contribution is 2.21. The van der Waals surface area contributed by atoms with E-state index in [1.54, 1.807) is 6.07 Å². The largest absolute Gasteiger partial charge is 0.439 e. The molecule has 1 heterocycles. The van der Waals surface area contributed by atoms with Crippen molar-refractivity contribution in [2.45, 2.75) is 19.2 Å². The van der Waals surface area contributed by atoms with Crippen molar-refractivity contribution in [1.82, 2.24) is 9.97 Å². The van der Waals surface area contributed by atoms with Crippen LogP contribution in [-0.4, -0.2) is 9.97 Å². The van der Waals surface area contributed by atoms with Gasteiger partial charge in [0.15, 0.2) is 0 Å². The first-order chi connectivity index (χ1) is 9.21. The van der Waals surface area contributed by atoms with Gasteiger partial charge in [-0.15, -0.1) is 0 Å². The highest BCUT2D eigenvalue weighted by Gasteiger charge is 2.03. The van der Waals surface area contributed by atoms with Crippen LogP contribution in [0.1, 0.15) is 17.1 Å². The van der Waals surface area contributed by atoms with Gasteiger partial charge in [0, 0.05) is 18.4 Å². The molecule has 6 heteroatoms. The number of nitrogens with zero attached hydrogens (tertiary/aromatic N) is 2. The Morgan fingerprint density at radius 2 is 1.95 bits per heavy atom. The van der Waals surface area contributed by atoms with Gasteiger partial charge < -0.3 is 10.5 Å². The number of ether oxygens (including phenoxy) is 1. The molecule has 0 fully saturated rings. The average molecular weight is 276 g/mol. The first-order valence-corrected chi connectivity index (χ1v) is 6.89. The molecule has 0 saturated carbocycles. The van der Waals surface area contributed by atoms with Crippen molar-refractivity contribution >= 4 is 11.9 Å². The van der Waals surface area contributed by atoms with Crippen molar-refractivity contribution in [3.8, 4) is 11.6 Å². The Balaban J connectivity index is 2.14. The lowest BCUT2D eigenvalue weighted by Crippen LogP contribution is -2.03. The lowest BCUT2D eigenvalue weighted by Gasteiger charge is -2.07. The molecule has 0 saturated heterocycles. The summed E-state index contributed by atoms with van der Waals surface area (Å²) < 4.78 is 5.69. The van der Waals surface area contributed by atoms with Gasteiger partial charge in [0.05, 0.1) is 5.69 Å². The van der Waals surface area contributed by atoms with E-state index in [0.29, 0.717) is 18.2 Å². The molecule has 5 nitrogen and oxygen atoms in total. The van der Waals surface area contributed by atoms with Crippen LogP contribution in [0, 0.1) is 6.92 Å². The van der Waals surface area contributed by atoms with Crippen LogP contribution in [0.15, 0.2) is 30.3 Å². The lowest BCUT2D eigenvalue weighted by atomic mass is 10.2. The summed E-state index contributed by atoms with van der Waals surface area (Å²) in [6, 6.07) is 9.49. The SMILES string of the molecule is Cc1nc(CN)cc(Oc2ccc(CSN)cc2)n1. The standard InChI is InChI=1S/C13H16N4OS/c1-9-16-11(7-14)6-13(17-9)18-12-4-2-10(3-5-12)8-19-15/h2-6H,7-8,14-15H2,1H3. The van der Waals surface area contributed by atoms with E-state index < -0.39 is 0 Å². The Bertz CT molecular complexity index is 545. The molecule has 0 spiro atoms. The van der Waals surface area contributed by atoms with Gasteiger partial charge in [-0.2, -0.15) is 4.98 Å². The van der Waals surface area contributed by atoms with Crippen LogP contribution in [0.3, 0.4) is 0 Å². The van der Waals surface area contributed by atoms with E-state index in [-0.39, 0.29) is 0 Å². The van der Waals surface area contributed by atoms with Crippen LogP contribution in [0.4, 0.5) is 0 Å². The molecule has 0 aliphatic carbocycles. The van der Waals surface area contributed by atoms with Crippen LogP contribution >= 0.6 is 11.9 Å². The van der Waals surface area contributed by atoms with E-state index in [2.05, 4.69) is 9.97 Å². The molecule has 0 amide bonds. The second-order valence-electron chi connectivity index (χ2n) is 4.01. The molecule has 0 aliphatic rings. The normalized spacial score (nSPS) is 10.5. The number of nitrogens with two attached hydrogens (primary N) is 2. The molecule has 100 valence electrons. The Hall–Kier alpha value is -1.63. The maximum atomic E-state index is 5.69. The van der Waals surface area contributed by atoms with Gasteiger partial charge in [-0.25, -0.2) is 4.98 Å². The second-order valence-corrected chi connectivity index (χ2v) is 4.63. The molecule has 4 N–H and O–H groups in total. The Morgan fingerprint density at radius 3 is 2.58 bits per heavy atom. The van der Waals surface area contributed by atoms with E-state index in [9.17, 15) is 0 Å². The number of aryl methyl sites for hydroxylation is 1. The van der Waals surface area contributed by atoms with E-state index in [1.165, 1.54) is 11.9 Å². The molecule has 2 aromatic rings. The predicted molar refractivity (Wildman–Crippen MR) is 76.7 cm³/mol. The van der Waals surface area contributed by atoms with Crippen molar-refractivity contribution in [1.29, 1.82) is 0 Å². The van der Waals surface area contributed by atoms with Crippen LogP contribution in [0.5, 0.6) is 11.6 Å². The monoisotopic (exact) mass is 276 g/mol. The van der Waals surface area contributed by atoms with Crippen molar-refractivity contribution in [2.75, 3.05) is 0 Å². The molecule has 2 rings (SSSR count). The maximum Gasteiger partial charge on any atom is 0.222 e. The van der Waals surface area contributed by atoms with Crippen LogP contribution < -0.4 is 15.6 Å². The number of hydrogen-bond acceptors (Lipinski definition) is 6. The molecule has 0 radical (unpaired) electrons. The van der Waals surface area contributed by atoms with Crippen LogP contribution in [0.2, 0.25) is 0 Å². The topological polar surface area (TPSA) is 87.0 Å². The number of aromatic nitrogens is 2. The highest BCUT2D eigenvalue weighted by molar-refractivity contribution is 7.96. The summed E-state index contributed by atoms with van der Waals surface area (Å²) in [6.07, 6.45) is 0. The fraction of sp³-hybridized carbons (Fsp3) is 0.231. The van der Waals surface area contributed by atoms with Gasteiger partial charge in [0.25, 0.3) is 0 Å². The third kappa shape index (κ3) is 3.92. The Morgan fingerprint density at radius 1 is 1.21 bits per heavy atom. The molecule has 1 aromatic carbocycles. The second kappa shape index (κ2) is 6.51. The fourth-order valence-corrected chi connectivity index (χ4v) is 2.01. The van der Waals surface area contributed by atoms with Crippen molar-refractivity contribution in [3.05, 3.63) is 47.4 Å². The smallest absolute Gasteiger partial charge is 0.222 e. The van der Waals surface area contributed by atoms with E-state index in [1.807, 2.05) is 31.2 Å². The van der Waals surface area contributed by atoms with Gasteiger partial charge in [-0.3, -0.25) is 5.14 Å². The van der Waals surface area contributed by atoms with Crippen molar-refractivity contribution in [2.24, 2.45) is 10.9 Å². The summed E-state index contributed by atoms with van der Waals surface area (Å²) in [4.78, 5) is 8.42. The first-order valence-electron chi connectivity index (χ1n) is 5.84. The minimum Gasteiger partial charge on any atom is -0.439 e. The first kappa shape index (κ1) is 13.8. The third-order valence-corrected chi connectivity index (χ3v) is 2.97. The van der Waals surface area contributed by atoms with E-state index in [0.717, 1.165) is 22.8 Å². The molecule has 1 aromatic heterocycles. The summed E-state index contributed by atoms with van der Waals surface area (Å²) in [6.45, 7) is 2.18. The quantitative estimate of drug-likeness (QED) is 0.814. The molecule has 0 unspecified atom stereocenters.